The van der Waals surface area contributed by atoms with Gasteiger partial charge in [0.2, 0.25) is 0 Å². The lowest BCUT2D eigenvalue weighted by atomic mass is 10.1. The van der Waals surface area contributed by atoms with Crippen LogP contribution < -0.4 is 5.73 Å². The van der Waals surface area contributed by atoms with Gasteiger partial charge in [-0.1, -0.05) is 34.8 Å². The lowest BCUT2D eigenvalue weighted by Crippen LogP contribution is -2.12. The first-order chi connectivity index (χ1) is 5.95. The second kappa shape index (κ2) is 3.74. The van der Waals surface area contributed by atoms with Gasteiger partial charge in [-0.25, -0.2) is 0 Å². The van der Waals surface area contributed by atoms with Crippen LogP contribution in [0.5, 0.6) is 0 Å². The number of benzene rings is 1. The lowest BCUT2D eigenvalue weighted by Gasteiger charge is -2.07. The van der Waals surface area contributed by atoms with Gasteiger partial charge < -0.3 is 5.73 Å². The predicted molar refractivity (Wildman–Crippen MR) is 54.7 cm³/mol. The van der Waals surface area contributed by atoms with E-state index in [0.717, 1.165) is 0 Å². The van der Waals surface area contributed by atoms with Gasteiger partial charge in [0.25, 0.3) is 5.91 Å². The van der Waals surface area contributed by atoms with Crippen LogP contribution in [0.2, 0.25) is 15.1 Å². The van der Waals surface area contributed by atoms with Gasteiger partial charge in [0, 0.05) is 5.02 Å². The van der Waals surface area contributed by atoms with Gasteiger partial charge >= 0.3 is 0 Å². The standard InChI is InChI=1S/C8H6Cl3NO/c1-3-4(9)2-5(10)6(7(3)11)8(12)13/h2H,1H3,(H2,12,13). The fraction of sp³-hybridized carbons (Fsp3) is 0.125. The molecule has 0 unspecified atom stereocenters. The third-order valence-electron chi connectivity index (χ3n) is 1.65. The monoisotopic (exact) mass is 237 g/mol. The number of nitrogens with two attached hydrogens (primary N) is 1. The van der Waals surface area contributed by atoms with Gasteiger partial charge in [-0.15, -0.1) is 0 Å². The fourth-order valence-electron chi connectivity index (χ4n) is 0.915. The molecule has 0 spiro atoms. The van der Waals surface area contributed by atoms with Crippen LogP contribution in [0.15, 0.2) is 6.07 Å². The first-order valence-electron chi connectivity index (χ1n) is 3.39. The number of hydrogen-bond donors (Lipinski definition) is 1. The highest BCUT2D eigenvalue weighted by atomic mass is 35.5. The van der Waals surface area contributed by atoms with E-state index in [1.54, 1.807) is 6.92 Å². The van der Waals surface area contributed by atoms with Crippen molar-refractivity contribution in [3.05, 3.63) is 32.3 Å². The van der Waals surface area contributed by atoms with Crippen molar-refractivity contribution in [2.45, 2.75) is 6.92 Å². The average molecular weight is 239 g/mol. The second-order valence-electron chi connectivity index (χ2n) is 2.52. The third-order valence-corrected chi connectivity index (χ3v) is 2.81. The van der Waals surface area contributed by atoms with E-state index in [0.29, 0.717) is 10.6 Å². The maximum absolute atomic E-state index is 10.9. The maximum Gasteiger partial charge on any atom is 0.251 e. The Morgan fingerprint density at radius 1 is 1.31 bits per heavy atom. The molecule has 0 heterocycles. The van der Waals surface area contributed by atoms with Crippen molar-refractivity contribution in [3.8, 4) is 0 Å². The largest absolute Gasteiger partial charge is 0.366 e. The van der Waals surface area contributed by atoms with Crippen molar-refractivity contribution in [2.75, 3.05) is 0 Å². The quantitative estimate of drug-likeness (QED) is 0.803. The normalized spacial score (nSPS) is 10.2. The van der Waals surface area contributed by atoms with Crippen molar-refractivity contribution in [2.24, 2.45) is 5.73 Å². The zero-order chi connectivity index (χ0) is 10.2. The van der Waals surface area contributed by atoms with Gasteiger partial charge in [-0.05, 0) is 18.6 Å². The van der Waals surface area contributed by atoms with E-state index in [4.69, 9.17) is 40.5 Å². The van der Waals surface area contributed by atoms with Crippen LogP contribution >= 0.6 is 34.8 Å². The Balaban J connectivity index is 3.53. The molecule has 0 aliphatic heterocycles. The zero-order valence-corrected chi connectivity index (χ0v) is 8.96. The summed E-state index contributed by atoms with van der Waals surface area (Å²) in [4.78, 5) is 10.9. The van der Waals surface area contributed by atoms with Crippen LogP contribution in [0.4, 0.5) is 0 Å². The van der Waals surface area contributed by atoms with E-state index in [1.807, 2.05) is 0 Å². The van der Waals surface area contributed by atoms with Crippen LogP contribution in [0.1, 0.15) is 15.9 Å². The molecule has 0 radical (unpaired) electrons. The highest BCUT2D eigenvalue weighted by Crippen LogP contribution is 2.32. The molecular weight excluding hydrogens is 232 g/mol. The van der Waals surface area contributed by atoms with Gasteiger partial charge in [-0.3, -0.25) is 4.79 Å². The minimum atomic E-state index is -0.658. The molecule has 1 rings (SSSR count). The molecule has 2 nitrogen and oxygen atoms in total. The molecule has 13 heavy (non-hydrogen) atoms. The number of hydrogen-bond acceptors (Lipinski definition) is 1. The van der Waals surface area contributed by atoms with Crippen molar-refractivity contribution < 1.29 is 4.79 Å². The Labute approximate surface area is 90.6 Å². The van der Waals surface area contributed by atoms with Crippen molar-refractivity contribution in [1.29, 1.82) is 0 Å². The van der Waals surface area contributed by atoms with E-state index in [1.165, 1.54) is 6.07 Å². The average Bonchev–Trinajstić information content (AvgIpc) is 1.99. The van der Waals surface area contributed by atoms with E-state index >= 15 is 0 Å². The number of amides is 1. The van der Waals surface area contributed by atoms with E-state index in [-0.39, 0.29) is 15.6 Å². The minimum absolute atomic E-state index is 0.116. The lowest BCUT2D eigenvalue weighted by molar-refractivity contribution is 0.100. The van der Waals surface area contributed by atoms with Crippen LogP contribution in [-0.4, -0.2) is 5.91 Å². The summed E-state index contributed by atoms with van der Waals surface area (Å²) in [5.41, 5.74) is 5.80. The van der Waals surface area contributed by atoms with E-state index in [9.17, 15) is 4.79 Å². The smallest absolute Gasteiger partial charge is 0.251 e. The number of primary amides is 1. The second-order valence-corrected chi connectivity index (χ2v) is 3.71. The number of carbonyl (C=O) groups is 1. The first-order valence-corrected chi connectivity index (χ1v) is 4.52. The highest BCUT2D eigenvalue weighted by Gasteiger charge is 2.15. The van der Waals surface area contributed by atoms with E-state index in [2.05, 4.69) is 0 Å². The topological polar surface area (TPSA) is 43.1 Å². The molecule has 0 fully saturated rings. The molecule has 0 saturated carbocycles. The molecule has 0 atom stereocenters. The summed E-state index contributed by atoms with van der Waals surface area (Å²) in [6.45, 7) is 1.69. The highest BCUT2D eigenvalue weighted by molar-refractivity contribution is 6.42. The summed E-state index contributed by atoms with van der Waals surface area (Å²) >= 11 is 17.3. The van der Waals surface area contributed by atoms with Gasteiger partial charge in [-0.2, -0.15) is 0 Å². The van der Waals surface area contributed by atoms with E-state index < -0.39 is 5.91 Å². The molecular formula is C8H6Cl3NO. The summed E-state index contributed by atoms with van der Waals surface area (Å²) in [6.07, 6.45) is 0. The summed E-state index contributed by atoms with van der Waals surface area (Å²) in [7, 11) is 0. The summed E-state index contributed by atoms with van der Waals surface area (Å²) < 4.78 is 0. The molecule has 0 aliphatic carbocycles. The molecule has 1 aromatic rings. The summed E-state index contributed by atoms with van der Waals surface area (Å²) in [5, 5.41) is 0.804. The van der Waals surface area contributed by atoms with Crippen molar-refractivity contribution >= 4 is 40.7 Å². The maximum atomic E-state index is 10.9. The molecule has 0 bridgehead atoms. The van der Waals surface area contributed by atoms with Gasteiger partial charge in [0.05, 0.1) is 15.6 Å². The summed E-state index contributed by atoms with van der Waals surface area (Å²) in [6, 6.07) is 1.45. The Morgan fingerprint density at radius 2 is 1.85 bits per heavy atom. The van der Waals surface area contributed by atoms with Crippen LogP contribution in [0.25, 0.3) is 0 Å². The molecule has 1 aromatic carbocycles. The van der Waals surface area contributed by atoms with Crippen LogP contribution in [-0.2, 0) is 0 Å². The number of rotatable bonds is 1. The molecule has 5 heteroatoms. The molecule has 0 aliphatic rings. The van der Waals surface area contributed by atoms with Crippen LogP contribution in [0.3, 0.4) is 0 Å². The number of halogens is 3. The minimum Gasteiger partial charge on any atom is -0.366 e. The zero-order valence-electron chi connectivity index (χ0n) is 6.70. The third kappa shape index (κ3) is 1.90. The molecule has 1 amide bonds. The number of carbonyl (C=O) groups excluding carboxylic acids is 1. The fourth-order valence-corrected chi connectivity index (χ4v) is 1.86. The Bertz CT molecular complexity index is 376. The van der Waals surface area contributed by atoms with Crippen LogP contribution in [0, 0.1) is 6.92 Å². The molecule has 70 valence electrons. The molecule has 2 N–H and O–H groups in total. The first kappa shape index (κ1) is 10.6. The SMILES string of the molecule is Cc1c(Cl)cc(Cl)c(C(N)=O)c1Cl. The van der Waals surface area contributed by atoms with Crippen molar-refractivity contribution in [1.82, 2.24) is 0 Å². The molecule has 0 saturated heterocycles. The summed E-state index contributed by atoms with van der Waals surface area (Å²) in [5.74, 6) is -0.658. The van der Waals surface area contributed by atoms with Gasteiger partial charge in [0.1, 0.15) is 0 Å². The Kier molecular flexibility index (Phi) is 3.06. The van der Waals surface area contributed by atoms with Crippen molar-refractivity contribution in [3.63, 3.8) is 0 Å². The Hall–Kier alpha value is -0.440. The predicted octanol–water partition coefficient (Wildman–Crippen LogP) is 3.05. The Morgan fingerprint density at radius 3 is 2.31 bits per heavy atom. The van der Waals surface area contributed by atoms with Gasteiger partial charge in [0.15, 0.2) is 0 Å². The molecule has 0 aromatic heterocycles.